The number of aliphatic hydroxyl groups excluding tert-OH is 1. The third kappa shape index (κ3) is 6.04. The number of aliphatic hydroxyl groups is 1. The number of carboxylic acid groups (broad SMARTS) is 1. The summed E-state index contributed by atoms with van der Waals surface area (Å²) in [6.07, 6.45) is 2.63. The number of pyridine rings is 1. The third-order valence-electron chi connectivity index (χ3n) is 6.52. The maximum Gasteiger partial charge on any atom is 0.308 e. The Labute approximate surface area is 212 Å². The molecule has 9 heteroatoms. The minimum Gasteiger partial charge on any atom is -0.497 e. The van der Waals surface area contributed by atoms with Gasteiger partial charge in [0.2, 0.25) is 0 Å². The van der Waals surface area contributed by atoms with Crippen molar-refractivity contribution in [1.82, 2.24) is 9.88 Å². The number of fused-ring (bicyclic) bond motifs is 1. The summed E-state index contributed by atoms with van der Waals surface area (Å²) in [6, 6.07) is 9.66. The lowest BCUT2D eigenvalue weighted by Gasteiger charge is -2.37. The molecule has 34 heavy (non-hydrogen) atoms. The minimum absolute atomic E-state index is 0.0229. The van der Waals surface area contributed by atoms with Gasteiger partial charge in [0.05, 0.1) is 33.9 Å². The molecule has 3 atom stereocenters. The molecule has 3 heterocycles. The number of carbonyl (C=O) groups is 1. The van der Waals surface area contributed by atoms with Gasteiger partial charge in [-0.2, -0.15) is 0 Å². The van der Waals surface area contributed by atoms with Crippen LogP contribution in [0.25, 0.3) is 10.9 Å². The van der Waals surface area contributed by atoms with E-state index in [1.54, 1.807) is 24.6 Å². The van der Waals surface area contributed by atoms with E-state index in [0.29, 0.717) is 35.7 Å². The van der Waals surface area contributed by atoms with E-state index in [0.717, 1.165) is 36.2 Å². The monoisotopic (exact) mass is 520 g/mol. The van der Waals surface area contributed by atoms with Crippen molar-refractivity contribution in [1.29, 1.82) is 0 Å². The molecule has 0 radical (unpaired) electrons. The molecule has 6 nitrogen and oxygen atoms in total. The van der Waals surface area contributed by atoms with Gasteiger partial charge < -0.3 is 19.8 Å². The molecule has 1 aliphatic heterocycles. The van der Waals surface area contributed by atoms with Crippen LogP contribution in [0.2, 0.25) is 5.02 Å². The van der Waals surface area contributed by atoms with Crippen molar-refractivity contribution in [2.75, 3.05) is 32.5 Å². The number of thiophene rings is 1. The van der Waals surface area contributed by atoms with Crippen molar-refractivity contribution in [3.05, 3.63) is 52.5 Å². The highest BCUT2D eigenvalue weighted by Crippen LogP contribution is 2.37. The molecule has 1 saturated heterocycles. The van der Waals surface area contributed by atoms with Gasteiger partial charge in [0.25, 0.3) is 0 Å². The summed E-state index contributed by atoms with van der Waals surface area (Å²) in [5.41, 5.74) is 1.36. The van der Waals surface area contributed by atoms with Gasteiger partial charge in [0.15, 0.2) is 0 Å². The summed E-state index contributed by atoms with van der Waals surface area (Å²) in [7, 11) is 1.59. The molecule has 0 aliphatic carbocycles. The number of halogens is 1. The molecule has 2 aromatic heterocycles. The number of rotatable bonds is 10. The highest BCUT2D eigenvalue weighted by atomic mass is 35.5. The Morgan fingerprint density at radius 1 is 1.41 bits per heavy atom. The SMILES string of the molecule is COc1ccc2ncc(Cl)c(C(O)CCC3CCN(CCSc4cccs4)CC3C(=O)O)c2c1. The first-order chi connectivity index (χ1) is 16.5. The van der Waals surface area contributed by atoms with E-state index < -0.39 is 18.0 Å². The maximum atomic E-state index is 12.0. The number of ether oxygens (including phenoxy) is 1. The first-order valence-corrected chi connectivity index (χ1v) is 13.6. The van der Waals surface area contributed by atoms with Gasteiger partial charge in [0, 0.05) is 36.0 Å². The van der Waals surface area contributed by atoms with Gasteiger partial charge in [-0.05, 0) is 61.4 Å². The molecule has 2 N–H and O–H groups in total. The summed E-state index contributed by atoms with van der Waals surface area (Å²) in [6.45, 7) is 2.31. The molecule has 182 valence electrons. The Hall–Kier alpha value is -1.84. The summed E-state index contributed by atoms with van der Waals surface area (Å²) in [4.78, 5) is 18.7. The smallest absolute Gasteiger partial charge is 0.308 e. The van der Waals surface area contributed by atoms with Crippen LogP contribution in [-0.4, -0.2) is 58.6 Å². The Bertz CT molecular complexity index is 1110. The molecule has 4 rings (SSSR count). The van der Waals surface area contributed by atoms with Crippen molar-refractivity contribution < 1.29 is 19.7 Å². The Balaban J connectivity index is 1.38. The largest absolute Gasteiger partial charge is 0.497 e. The lowest BCUT2D eigenvalue weighted by atomic mass is 9.81. The lowest BCUT2D eigenvalue weighted by molar-refractivity contribution is -0.146. The second-order valence-corrected chi connectivity index (χ2v) is 11.3. The number of thioether (sulfide) groups is 1. The Morgan fingerprint density at radius 2 is 2.26 bits per heavy atom. The van der Waals surface area contributed by atoms with Gasteiger partial charge in [0.1, 0.15) is 5.75 Å². The first kappa shape index (κ1) is 25.3. The zero-order valence-electron chi connectivity index (χ0n) is 19.0. The van der Waals surface area contributed by atoms with E-state index in [4.69, 9.17) is 16.3 Å². The number of hydrogen-bond donors (Lipinski definition) is 2. The summed E-state index contributed by atoms with van der Waals surface area (Å²) in [5, 5.41) is 24.2. The fourth-order valence-corrected chi connectivity index (χ4v) is 6.81. The Kier molecular flexibility index (Phi) is 8.71. The van der Waals surface area contributed by atoms with Crippen molar-refractivity contribution in [2.24, 2.45) is 11.8 Å². The van der Waals surface area contributed by atoms with Gasteiger partial charge in [-0.1, -0.05) is 17.7 Å². The molecule has 0 saturated carbocycles. The van der Waals surface area contributed by atoms with Crippen LogP contribution in [0, 0.1) is 11.8 Å². The first-order valence-electron chi connectivity index (χ1n) is 11.4. The van der Waals surface area contributed by atoms with Gasteiger partial charge in [-0.3, -0.25) is 9.78 Å². The fourth-order valence-electron chi connectivity index (χ4n) is 4.67. The number of piperidine rings is 1. The third-order valence-corrected chi connectivity index (χ3v) is 8.93. The quantitative estimate of drug-likeness (QED) is 0.337. The molecular formula is C25H29ClN2O4S2. The van der Waals surface area contributed by atoms with Crippen LogP contribution in [0.1, 0.15) is 30.9 Å². The number of carboxylic acids is 1. The number of methoxy groups -OCH3 is 1. The average Bonchev–Trinajstić information content (AvgIpc) is 3.36. The second-order valence-electron chi connectivity index (χ2n) is 8.57. The molecule has 1 aliphatic rings. The fraction of sp³-hybridized carbons (Fsp3) is 0.440. The normalized spacial score (nSPS) is 19.9. The number of hydrogen-bond acceptors (Lipinski definition) is 7. The highest BCUT2D eigenvalue weighted by molar-refractivity contribution is 8.01. The number of benzene rings is 1. The highest BCUT2D eigenvalue weighted by Gasteiger charge is 2.34. The molecule has 0 bridgehead atoms. The number of likely N-dealkylation sites (tertiary alicyclic amines) is 1. The van der Waals surface area contributed by atoms with Crippen molar-refractivity contribution in [3.63, 3.8) is 0 Å². The van der Waals surface area contributed by atoms with Gasteiger partial charge in [-0.25, -0.2) is 0 Å². The summed E-state index contributed by atoms with van der Waals surface area (Å²) >= 11 is 9.98. The molecule has 0 amide bonds. The number of aromatic nitrogens is 1. The van der Waals surface area contributed by atoms with E-state index in [2.05, 4.69) is 21.3 Å². The molecule has 3 unspecified atom stereocenters. The van der Waals surface area contributed by atoms with E-state index in [9.17, 15) is 15.0 Å². The second kappa shape index (κ2) is 11.7. The van der Waals surface area contributed by atoms with Crippen LogP contribution in [-0.2, 0) is 4.79 Å². The van der Waals surface area contributed by atoms with Crippen LogP contribution in [0.4, 0.5) is 0 Å². The van der Waals surface area contributed by atoms with Gasteiger partial charge in [-0.15, -0.1) is 23.1 Å². The molecule has 0 spiro atoms. The van der Waals surface area contributed by atoms with Crippen molar-refractivity contribution in [2.45, 2.75) is 29.6 Å². The summed E-state index contributed by atoms with van der Waals surface area (Å²) in [5.74, 6) is 0.452. The zero-order valence-corrected chi connectivity index (χ0v) is 21.4. The molecule has 3 aromatic rings. The summed E-state index contributed by atoms with van der Waals surface area (Å²) < 4.78 is 6.62. The zero-order chi connectivity index (χ0) is 24.1. The van der Waals surface area contributed by atoms with Gasteiger partial charge >= 0.3 is 5.97 Å². The predicted octanol–water partition coefficient (Wildman–Crippen LogP) is 5.59. The van der Waals surface area contributed by atoms with Crippen LogP contribution in [0.15, 0.2) is 46.1 Å². The maximum absolute atomic E-state index is 12.0. The standard InChI is InChI=1S/C25H29ClN2O4S2/c1-32-17-5-6-21-18(13-17)24(20(26)14-27-21)22(29)7-4-16-8-9-28(15-19(16)25(30)31)10-12-34-23-3-2-11-33-23/h2-3,5-6,11,13-14,16,19,22,29H,4,7-10,12,15H2,1H3,(H,30,31). The van der Waals surface area contributed by atoms with Crippen LogP contribution < -0.4 is 4.74 Å². The predicted molar refractivity (Wildman–Crippen MR) is 138 cm³/mol. The molecule has 1 fully saturated rings. The van der Waals surface area contributed by atoms with E-state index in [1.165, 1.54) is 4.21 Å². The topological polar surface area (TPSA) is 82.9 Å². The van der Waals surface area contributed by atoms with Crippen LogP contribution in [0.5, 0.6) is 5.75 Å². The number of aliphatic carboxylic acids is 1. The van der Waals surface area contributed by atoms with Crippen LogP contribution >= 0.6 is 34.7 Å². The minimum atomic E-state index is -0.806. The van der Waals surface area contributed by atoms with Crippen LogP contribution in [0.3, 0.4) is 0 Å². The molecule has 1 aromatic carbocycles. The number of nitrogens with zero attached hydrogens (tertiary/aromatic N) is 2. The average molecular weight is 521 g/mol. The van der Waals surface area contributed by atoms with E-state index in [-0.39, 0.29) is 5.92 Å². The lowest BCUT2D eigenvalue weighted by Crippen LogP contribution is -2.44. The van der Waals surface area contributed by atoms with Crippen molar-refractivity contribution in [3.8, 4) is 5.75 Å². The van der Waals surface area contributed by atoms with Crippen molar-refractivity contribution >= 4 is 51.6 Å². The van der Waals surface area contributed by atoms with E-state index >= 15 is 0 Å². The Morgan fingerprint density at radius 3 is 3.00 bits per heavy atom. The molecular weight excluding hydrogens is 492 g/mol. The van der Waals surface area contributed by atoms with E-state index in [1.807, 2.05) is 36.0 Å².